The Labute approximate surface area is 146 Å². The molecule has 24 heavy (non-hydrogen) atoms. The van der Waals surface area contributed by atoms with Crippen molar-refractivity contribution in [3.05, 3.63) is 34.5 Å². The van der Waals surface area contributed by atoms with Crippen LogP contribution in [0.25, 0.3) is 10.9 Å². The van der Waals surface area contributed by atoms with Gasteiger partial charge in [0.05, 0.1) is 5.71 Å². The Morgan fingerprint density at radius 1 is 1.21 bits per heavy atom. The van der Waals surface area contributed by atoms with Crippen LogP contribution in [0.5, 0.6) is 0 Å². The first-order chi connectivity index (χ1) is 11.7. The molecule has 1 fully saturated rings. The molecule has 0 atom stereocenters. The summed E-state index contributed by atoms with van der Waals surface area (Å²) in [5.74, 6) is 0.291. The van der Waals surface area contributed by atoms with Gasteiger partial charge in [0.2, 0.25) is 5.96 Å². The maximum atomic E-state index is 8.06. The van der Waals surface area contributed by atoms with Crippen LogP contribution >= 0.6 is 11.6 Å². The lowest BCUT2D eigenvalue weighted by Crippen LogP contribution is -2.39. The molecule has 126 valence electrons. The number of fused-ring (bicyclic) bond motifs is 3. The van der Waals surface area contributed by atoms with Crippen molar-refractivity contribution in [3.63, 3.8) is 0 Å². The molecular weight excluding hydrogens is 322 g/mol. The van der Waals surface area contributed by atoms with E-state index in [4.69, 9.17) is 17.0 Å². The van der Waals surface area contributed by atoms with E-state index in [1.807, 2.05) is 18.2 Å². The summed E-state index contributed by atoms with van der Waals surface area (Å²) < 4.78 is 0. The Kier molecular flexibility index (Phi) is 4.19. The van der Waals surface area contributed by atoms with Gasteiger partial charge >= 0.3 is 0 Å². The van der Waals surface area contributed by atoms with Gasteiger partial charge in [-0.3, -0.25) is 5.41 Å². The zero-order valence-corrected chi connectivity index (χ0v) is 14.3. The van der Waals surface area contributed by atoms with E-state index < -0.39 is 0 Å². The van der Waals surface area contributed by atoms with Crippen molar-refractivity contribution in [2.45, 2.75) is 51.0 Å². The Balaban J connectivity index is 1.57. The molecule has 4 N–H and O–H groups in total. The fraction of sp³-hybridized carbons (Fsp3) is 0.444. The lowest BCUT2D eigenvalue weighted by Gasteiger charge is -2.17. The summed E-state index contributed by atoms with van der Waals surface area (Å²) in [5, 5.41) is 17.7. The second-order valence-corrected chi connectivity index (χ2v) is 7.13. The summed E-state index contributed by atoms with van der Waals surface area (Å²) in [4.78, 5) is 3.48. The lowest BCUT2D eigenvalue weighted by molar-refractivity contribution is 0.614. The van der Waals surface area contributed by atoms with Gasteiger partial charge in [0.15, 0.2) is 0 Å². The molecule has 0 aliphatic heterocycles. The normalized spacial score (nSPS) is 19.6. The maximum Gasteiger partial charge on any atom is 0.209 e. The predicted molar refractivity (Wildman–Crippen MR) is 99.0 cm³/mol. The van der Waals surface area contributed by atoms with E-state index in [1.165, 1.54) is 18.5 Å². The van der Waals surface area contributed by atoms with E-state index in [1.54, 1.807) is 0 Å². The van der Waals surface area contributed by atoms with E-state index >= 15 is 0 Å². The summed E-state index contributed by atoms with van der Waals surface area (Å²) >= 11 is 6.17. The molecule has 1 aromatic heterocycles. The Hall–Kier alpha value is -2.01. The molecule has 0 bridgehead atoms. The number of aromatic amines is 1. The van der Waals surface area contributed by atoms with Crippen LogP contribution in [0.15, 0.2) is 23.3 Å². The number of H-pyrrole nitrogens is 1. The molecule has 0 amide bonds. The van der Waals surface area contributed by atoms with E-state index in [-0.39, 0.29) is 0 Å². The van der Waals surface area contributed by atoms with Crippen LogP contribution in [0.3, 0.4) is 0 Å². The van der Waals surface area contributed by atoms with Gasteiger partial charge in [-0.2, -0.15) is 5.10 Å². The molecule has 2 aromatic rings. The highest BCUT2D eigenvalue weighted by molar-refractivity contribution is 6.31. The van der Waals surface area contributed by atoms with Gasteiger partial charge in [0.1, 0.15) is 0 Å². The number of hydrazone groups is 1. The molecule has 6 heteroatoms. The van der Waals surface area contributed by atoms with E-state index in [0.29, 0.717) is 12.0 Å². The first-order valence-corrected chi connectivity index (χ1v) is 9.06. The predicted octanol–water partition coefficient (Wildman–Crippen LogP) is 3.92. The Bertz CT molecular complexity index is 801. The Morgan fingerprint density at radius 2 is 2.04 bits per heavy atom. The second kappa shape index (κ2) is 6.48. The molecule has 0 saturated heterocycles. The highest BCUT2D eigenvalue weighted by Gasteiger charge is 2.21. The third kappa shape index (κ3) is 3.00. The van der Waals surface area contributed by atoms with Crippen molar-refractivity contribution in [2.24, 2.45) is 5.10 Å². The van der Waals surface area contributed by atoms with E-state index in [0.717, 1.165) is 59.3 Å². The van der Waals surface area contributed by atoms with Gasteiger partial charge in [-0.15, -0.1) is 0 Å². The Morgan fingerprint density at radius 3 is 2.88 bits per heavy atom. The molecule has 0 spiro atoms. The molecule has 0 unspecified atom stereocenters. The van der Waals surface area contributed by atoms with Gasteiger partial charge in [-0.25, -0.2) is 5.43 Å². The zero-order valence-electron chi connectivity index (χ0n) is 13.6. The minimum atomic E-state index is 0.291. The lowest BCUT2D eigenvalue weighted by atomic mass is 9.93. The van der Waals surface area contributed by atoms with Crippen LogP contribution < -0.4 is 10.7 Å². The summed E-state index contributed by atoms with van der Waals surface area (Å²) in [5.41, 5.74) is 7.37. The SMILES string of the molecule is N=C(NN=C1CCCc2[nH]c3ccc(Cl)cc3c21)NC1CCCC1. The number of aromatic nitrogens is 1. The number of hydrogen-bond donors (Lipinski definition) is 4. The van der Waals surface area contributed by atoms with Crippen LogP contribution in [0.1, 0.15) is 49.8 Å². The topological polar surface area (TPSA) is 76.1 Å². The summed E-state index contributed by atoms with van der Waals surface area (Å²) in [7, 11) is 0. The standard InChI is InChI=1S/C18H22ClN5/c19-11-8-9-14-13(10-11)17-15(22-14)6-3-7-16(17)23-24-18(20)21-12-4-1-2-5-12/h8-10,12,22H,1-7H2,(H3,20,21,24). The molecule has 5 nitrogen and oxygen atoms in total. The highest BCUT2D eigenvalue weighted by Crippen LogP contribution is 2.31. The molecule has 4 rings (SSSR count). The third-order valence-corrected chi connectivity index (χ3v) is 5.21. The van der Waals surface area contributed by atoms with Crippen molar-refractivity contribution in [1.29, 1.82) is 5.41 Å². The number of benzene rings is 1. The van der Waals surface area contributed by atoms with Gasteiger partial charge < -0.3 is 10.3 Å². The van der Waals surface area contributed by atoms with Crippen molar-refractivity contribution in [1.82, 2.24) is 15.7 Å². The van der Waals surface area contributed by atoms with Crippen molar-refractivity contribution in [3.8, 4) is 0 Å². The number of nitrogens with zero attached hydrogens (tertiary/aromatic N) is 1. The van der Waals surface area contributed by atoms with Crippen LogP contribution in [-0.4, -0.2) is 22.7 Å². The molecular formula is C18H22ClN5. The average Bonchev–Trinajstić information content (AvgIpc) is 3.20. The fourth-order valence-corrected chi connectivity index (χ4v) is 4.01. The summed E-state index contributed by atoms with van der Waals surface area (Å²) in [6.07, 6.45) is 7.79. The number of nitrogens with one attached hydrogen (secondary N) is 4. The maximum absolute atomic E-state index is 8.06. The number of halogens is 1. The minimum Gasteiger partial charge on any atom is -0.358 e. The van der Waals surface area contributed by atoms with Gasteiger partial charge in [-0.05, 0) is 50.3 Å². The molecule has 0 radical (unpaired) electrons. The number of guanidine groups is 1. The molecule has 1 aromatic carbocycles. The second-order valence-electron chi connectivity index (χ2n) is 6.69. The first-order valence-electron chi connectivity index (χ1n) is 8.69. The van der Waals surface area contributed by atoms with Crippen LogP contribution in [0, 0.1) is 5.41 Å². The monoisotopic (exact) mass is 343 g/mol. The van der Waals surface area contributed by atoms with Crippen molar-refractivity contribution in [2.75, 3.05) is 0 Å². The first kappa shape index (κ1) is 15.5. The van der Waals surface area contributed by atoms with Gasteiger partial charge in [0.25, 0.3) is 0 Å². The number of rotatable bonds is 2. The van der Waals surface area contributed by atoms with E-state index in [2.05, 4.69) is 20.8 Å². The number of aryl methyl sites for hydroxylation is 1. The van der Waals surface area contributed by atoms with Gasteiger partial charge in [0, 0.05) is 33.2 Å². The molecule has 2 aliphatic rings. The number of hydrogen-bond acceptors (Lipinski definition) is 2. The smallest absolute Gasteiger partial charge is 0.209 e. The molecule has 1 saturated carbocycles. The van der Waals surface area contributed by atoms with Gasteiger partial charge in [-0.1, -0.05) is 24.4 Å². The van der Waals surface area contributed by atoms with Crippen LogP contribution in [-0.2, 0) is 6.42 Å². The largest absolute Gasteiger partial charge is 0.358 e. The quantitative estimate of drug-likeness (QED) is 0.379. The minimum absolute atomic E-state index is 0.291. The molecule has 1 heterocycles. The zero-order chi connectivity index (χ0) is 16.5. The van der Waals surface area contributed by atoms with Crippen LogP contribution in [0.2, 0.25) is 5.02 Å². The fourth-order valence-electron chi connectivity index (χ4n) is 3.84. The third-order valence-electron chi connectivity index (χ3n) is 4.97. The van der Waals surface area contributed by atoms with Crippen LogP contribution in [0.4, 0.5) is 0 Å². The summed E-state index contributed by atoms with van der Waals surface area (Å²) in [6.45, 7) is 0. The van der Waals surface area contributed by atoms with Crippen molar-refractivity contribution >= 4 is 34.2 Å². The van der Waals surface area contributed by atoms with Crippen molar-refractivity contribution < 1.29 is 0 Å². The summed E-state index contributed by atoms with van der Waals surface area (Å²) in [6, 6.07) is 6.33. The molecule has 2 aliphatic carbocycles. The highest BCUT2D eigenvalue weighted by atomic mass is 35.5. The van der Waals surface area contributed by atoms with E-state index in [9.17, 15) is 0 Å². The average molecular weight is 344 g/mol.